The van der Waals surface area contributed by atoms with Crippen molar-refractivity contribution in [3.8, 4) is 5.75 Å². The SMILES string of the molecule is COc1cc(N=Nc2ccc([N+](=O)[O-])cc2)ccc1NCS(=O)(=O)O.[Na]. The van der Waals surface area contributed by atoms with Gasteiger partial charge in [-0.25, -0.2) is 0 Å². The van der Waals surface area contributed by atoms with E-state index in [9.17, 15) is 18.5 Å². The molecule has 0 saturated heterocycles. The standard InChI is InChI=1S/C14H14N4O6S.Na/c1-24-14-8-11(4-7-13(14)15-9-25(21,22)23)17-16-10-2-5-12(6-3-10)18(19)20;/h2-8,15H,9H2,1H3,(H,21,22,23);. The van der Waals surface area contributed by atoms with Crippen molar-refractivity contribution >= 4 is 62.4 Å². The van der Waals surface area contributed by atoms with E-state index >= 15 is 0 Å². The van der Waals surface area contributed by atoms with Crippen LogP contribution in [0.1, 0.15) is 0 Å². The zero-order valence-electron chi connectivity index (χ0n) is 14.0. The fourth-order valence-electron chi connectivity index (χ4n) is 1.81. The van der Waals surface area contributed by atoms with Crippen molar-refractivity contribution in [2.45, 2.75) is 0 Å². The first-order valence-corrected chi connectivity index (χ1v) is 8.43. The van der Waals surface area contributed by atoms with E-state index in [0.29, 0.717) is 22.8 Å². The molecule has 0 heterocycles. The summed E-state index contributed by atoms with van der Waals surface area (Å²) in [6.45, 7) is 0. The smallest absolute Gasteiger partial charge is 0.283 e. The summed E-state index contributed by atoms with van der Waals surface area (Å²) in [5.74, 6) is -0.351. The number of methoxy groups -OCH3 is 1. The van der Waals surface area contributed by atoms with Gasteiger partial charge in [0.25, 0.3) is 15.8 Å². The van der Waals surface area contributed by atoms with E-state index in [2.05, 4.69) is 15.5 Å². The van der Waals surface area contributed by atoms with E-state index in [1.807, 2.05) is 0 Å². The molecule has 0 aliphatic heterocycles. The minimum absolute atomic E-state index is 0. The van der Waals surface area contributed by atoms with Crippen molar-refractivity contribution in [2.75, 3.05) is 18.3 Å². The van der Waals surface area contributed by atoms with Crippen LogP contribution >= 0.6 is 0 Å². The molecule has 0 spiro atoms. The molecule has 2 rings (SSSR count). The van der Waals surface area contributed by atoms with Crippen molar-refractivity contribution in [2.24, 2.45) is 10.2 Å². The van der Waals surface area contributed by atoms with Crippen molar-refractivity contribution in [1.82, 2.24) is 0 Å². The topological polar surface area (TPSA) is 143 Å². The van der Waals surface area contributed by atoms with E-state index in [4.69, 9.17) is 9.29 Å². The Morgan fingerprint density at radius 2 is 1.73 bits per heavy atom. The number of nitrogens with one attached hydrogen (secondary N) is 1. The van der Waals surface area contributed by atoms with Crippen LogP contribution in [0.15, 0.2) is 52.7 Å². The number of hydrogen-bond donors (Lipinski definition) is 2. The van der Waals surface area contributed by atoms with Crippen LogP contribution in [0, 0.1) is 10.1 Å². The van der Waals surface area contributed by atoms with Crippen LogP contribution < -0.4 is 10.1 Å². The molecule has 133 valence electrons. The van der Waals surface area contributed by atoms with Gasteiger partial charge in [0, 0.05) is 47.8 Å². The third-order valence-corrected chi connectivity index (χ3v) is 3.48. The van der Waals surface area contributed by atoms with Gasteiger partial charge in [0.2, 0.25) is 0 Å². The molecular formula is C14H14N4NaO6S. The molecule has 1 radical (unpaired) electrons. The fourth-order valence-corrected chi connectivity index (χ4v) is 2.15. The van der Waals surface area contributed by atoms with Gasteiger partial charge in [0.15, 0.2) is 0 Å². The summed E-state index contributed by atoms with van der Waals surface area (Å²) in [4.78, 5) is 10.1. The largest absolute Gasteiger partial charge is 0.495 e. The van der Waals surface area contributed by atoms with Crippen molar-refractivity contribution in [1.29, 1.82) is 0 Å². The van der Waals surface area contributed by atoms with Crippen LogP contribution in [0.25, 0.3) is 0 Å². The van der Waals surface area contributed by atoms with Gasteiger partial charge < -0.3 is 10.1 Å². The second-order valence-corrected chi connectivity index (χ2v) is 6.21. The van der Waals surface area contributed by atoms with Gasteiger partial charge >= 0.3 is 0 Å². The molecule has 10 nitrogen and oxygen atoms in total. The van der Waals surface area contributed by atoms with Crippen LogP contribution in [0.2, 0.25) is 0 Å². The summed E-state index contributed by atoms with van der Waals surface area (Å²) in [6.07, 6.45) is 0. The Morgan fingerprint density at radius 3 is 2.27 bits per heavy atom. The Labute approximate surface area is 171 Å². The molecule has 2 aromatic carbocycles. The van der Waals surface area contributed by atoms with Gasteiger partial charge in [-0.2, -0.15) is 18.6 Å². The summed E-state index contributed by atoms with van der Waals surface area (Å²) < 4.78 is 35.4. The van der Waals surface area contributed by atoms with Crippen LogP contribution in [0.5, 0.6) is 5.75 Å². The first-order chi connectivity index (χ1) is 11.8. The molecule has 2 aromatic rings. The van der Waals surface area contributed by atoms with E-state index in [-0.39, 0.29) is 35.2 Å². The molecule has 0 unspecified atom stereocenters. The maximum Gasteiger partial charge on any atom is 0.283 e. The van der Waals surface area contributed by atoms with Gasteiger partial charge in [-0.1, -0.05) is 0 Å². The van der Waals surface area contributed by atoms with E-state index in [0.717, 1.165) is 0 Å². The van der Waals surface area contributed by atoms with Gasteiger partial charge in [0.1, 0.15) is 11.6 Å². The first kappa shape index (κ1) is 22.0. The van der Waals surface area contributed by atoms with Gasteiger partial charge in [-0.05, 0) is 24.3 Å². The van der Waals surface area contributed by atoms with Crippen molar-refractivity contribution < 1.29 is 22.6 Å². The van der Waals surface area contributed by atoms with Gasteiger partial charge in [-0.3, -0.25) is 14.7 Å². The number of nitro groups is 1. The van der Waals surface area contributed by atoms with Crippen molar-refractivity contribution in [3.05, 3.63) is 52.6 Å². The average Bonchev–Trinajstić information content (AvgIpc) is 2.58. The minimum Gasteiger partial charge on any atom is -0.495 e. The maximum atomic E-state index is 10.8. The molecular weight excluding hydrogens is 375 g/mol. The molecule has 0 amide bonds. The number of nitrogens with zero attached hydrogens (tertiary/aromatic N) is 3. The molecule has 0 aromatic heterocycles. The van der Waals surface area contributed by atoms with E-state index < -0.39 is 20.9 Å². The zero-order chi connectivity index (χ0) is 18.4. The Bertz CT molecular complexity index is 902. The van der Waals surface area contributed by atoms with Crippen molar-refractivity contribution in [3.63, 3.8) is 0 Å². The number of ether oxygens (including phenoxy) is 1. The maximum absolute atomic E-state index is 10.8. The van der Waals surface area contributed by atoms with Crippen LogP contribution in [0.3, 0.4) is 0 Å². The fraction of sp³-hybridized carbons (Fsp3) is 0.143. The Hall–Kier alpha value is -2.05. The first-order valence-electron chi connectivity index (χ1n) is 6.82. The number of hydrogen-bond acceptors (Lipinski definition) is 8. The Balaban J connectivity index is 0.00000338. The number of benzene rings is 2. The molecule has 2 N–H and O–H groups in total. The monoisotopic (exact) mass is 389 g/mol. The zero-order valence-corrected chi connectivity index (χ0v) is 16.8. The van der Waals surface area contributed by atoms with Gasteiger partial charge in [0.05, 0.1) is 29.1 Å². The average molecular weight is 389 g/mol. The molecule has 0 atom stereocenters. The van der Waals surface area contributed by atoms with E-state index in [1.54, 1.807) is 6.07 Å². The van der Waals surface area contributed by atoms with Crippen LogP contribution in [-0.4, -0.2) is 60.4 Å². The number of non-ortho nitro benzene ring substituents is 1. The predicted octanol–water partition coefficient (Wildman–Crippen LogP) is 2.90. The minimum atomic E-state index is -4.17. The quantitative estimate of drug-likeness (QED) is 0.244. The van der Waals surface area contributed by atoms with Crippen LogP contribution in [-0.2, 0) is 10.1 Å². The molecule has 0 bridgehead atoms. The summed E-state index contributed by atoms with van der Waals surface area (Å²) in [6, 6.07) is 10.1. The number of rotatable bonds is 7. The van der Waals surface area contributed by atoms with E-state index in [1.165, 1.54) is 43.5 Å². The molecule has 0 saturated carbocycles. The summed E-state index contributed by atoms with van der Waals surface area (Å²) in [5.41, 5.74) is 1.16. The molecule has 0 aliphatic carbocycles. The molecule has 0 fully saturated rings. The van der Waals surface area contributed by atoms with Crippen LogP contribution in [0.4, 0.5) is 22.7 Å². The summed E-state index contributed by atoms with van der Waals surface area (Å²) >= 11 is 0. The summed E-state index contributed by atoms with van der Waals surface area (Å²) in [5, 5.41) is 21.1. The second kappa shape index (κ2) is 9.59. The molecule has 0 aliphatic rings. The third kappa shape index (κ3) is 6.69. The summed E-state index contributed by atoms with van der Waals surface area (Å²) in [7, 11) is -2.78. The number of nitro benzene ring substituents is 1. The van der Waals surface area contributed by atoms with Gasteiger partial charge in [-0.15, -0.1) is 0 Å². The number of azo groups is 1. The Kier molecular flexibility index (Phi) is 8.11. The Morgan fingerprint density at radius 1 is 1.15 bits per heavy atom. The molecule has 26 heavy (non-hydrogen) atoms. The third-order valence-electron chi connectivity index (χ3n) is 2.97. The predicted molar refractivity (Wildman–Crippen MR) is 96.1 cm³/mol. The second-order valence-electron chi connectivity index (χ2n) is 4.76. The normalized spacial score (nSPS) is 11.0. The number of anilines is 1. The molecule has 12 heteroatoms.